The summed E-state index contributed by atoms with van der Waals surface area (Å²) < 4.78 is 1.20. The highest BCUT2D eigenvalue weighted by Gasteiger charge is 2.15. The predicted octanol–water partition coefficient (Wildman–Crippen LogP) is 1.95. The number of amides is 2. The van der Waals surface area contributed by atoms with Gasteiger partial charge in [0.25, 0.3) is 11.5 Å². The van der Waals surface area contributed by atoms with Gasteiger partial charge in [-0.3, -0.25) is 14.4 Å². The van der Waals surface area contributed by atoms with Crippen molar-refractivity contribution in [2.24, 2.45) is 0 Å². The van der Waals surface area contributed by atoms with Gasteiger partial charge in [-0.15, -0.1) is 0 Å². The number of rotatable bonds is 7. The molecule has 3 rings (SSSR count). The number of nitrogens with zero attached hydrogens (tertiary/aromatic N) is 1. The van der Waals surface area contributed by atoms with Gasteiger partial charge in [0, 0.05) is 11.8 Å². The molecule has 2 amide bonds. The number of carbonyl (C=O) groups excluding carboxylic acids is 2. The monoisotopic (exact) mass is 391 g/mol. The van der Waals surface area contributed by atoms with E-state index in [2.05, 4.69) is 10.6 Å². The van der Waals surface area contributed by atoms with Crippen LogP contribution in [0.4, 0.5) is 5.69 Å². The minimum atomic E-state index is -0.569. The average Bonchev–Trinajstić information content (AvgIpc) is 2.76. The summed E-state index contributed by atoms with van der Waals surface area (Å²) in [5, 5.41) is 14.9. The van der Waals surface area contributed by atoms with Crippen LogP contribution < -0.4 is 16.2 Å². The zero-order valence-electron chi connectivity index (χ0n) is 15.6. The SMILES string of the molecule is O=C(Cn1cccc(NC(=O)c2ccccc2)c1=O)N[C@H](CO)c1ccccc1. The van der Waals surface area contributed by atoms with Crippen molar-refractivity contribution < 1.29 is 14.7 Å². The van der Waals surface area contributed by atoms with Gasteiger partial charge in [0.15, 0.2) is 0 Å². The van der Waals surface area contributed by atoms with Crippen LogP contribution in [-0.2, 0) is 11.3 Å². The third kappa shape index (κ3) is 5.18. The highest BCUT2D eigenvalue weighted by Crippen LogP contribution is 2.11. The molecule has 1 atom stereocenters. The molecule has 0 fully saturated rings. The van der Waals surface area contributed by atoms with Gasteiger partial charge in [0.05, 0.1) is 12.6 Å². The van der Waals surface area contributed by atoms with Crippen molar-refractivity contribution >= 4 is 17.5 Å². The van der Waals surface area contributed by atoms with E-state index in [9.17, 15) is 19.5 Å². The lowest BCUT2D eigenvalue weighted by atomic mass is 10.1. The van der Waals surface area contributed by atoms with Crippen molar-refractivity contribution in [3.63, 3.8) is 0 Å². The Morgan fingerprint density at radius 3 is 2.24 bits per heavy atom. The fraction of sp³-hybridized carbons (Fsp3) is 0.136. The largest absolute Gasteiger partial charge is 0.394 e. The van der Waals surface area contributed by atoms with Crippen LogP contribution in [-0.4, -0.2) is 28.1 Å². The second-order valence-corrected chi connectivity index (χ2v) is 6.39. The maximum Gasteiger partial charge on any atom is 0.274 e. The van der Waals surface area contributed by atoms with Crippen molar-refractivity contribution in [3.8, 4) is 0 Å². The number of hydrogen-bond acceptors (Lipinski definition) is 4. The van der Waals surface area contributed by atoms with Gasteiger partial charge >= 0.3 is 0 Å². The fourth-order valence-corrected chi connectivity index (χ4v) is 2.85. The smallest absolute Gasteiger partial charge is 0.274 e. The molecule has 2 aromatic carbocycles. The van der Waals surface area contributed by atoms with Crippen LogP contribution in [0, 0.1) is 0 Å². The number of anilines is 1. The van der Waals surface area contributed by atoms with Crippen molar-refractivity contribution in [1.82, 2.24) is 9.88 Å². The second-order valence-electron chi connectivity index (χ2n) is 6.39. The standard InChI is InChI=1S/C22H21N3O4/c26-15-19(16-8-3-1-4-9-16)23-20(27)14-25-13-7-12-18(22(25)29)24-21(28)17-10-5-2-6-11-17/h1-13,19,26H,14-15H2,(H,23,27)(H,24,28)/t19-/m1/s1. The number of benzene rings is 2. The molecule has 1 aromatic heterocycles. The van der Waals surface area contributed by atoms with E-state index in [0.29, 0.717) is 5.56 Å². The summed E-state index contributed by atoms with van der Waals surface area (Å²) in [4.78, 5) is 37.3. The summed E-state index contributed by atoms with van der Waals surface area (Å²) in [7, 11) is 0. The molecule has 0 spiro atoms. The maximum absolute atomic E-state index is 12.6. The molecular weight excluding hydrogens is 370 g/mol. The molecule has 0 saturated carbocycles. The molecule has 7 nitrogen and oxygen atoms in total. The summed E-state index contributed by atoms with van der Waals surface area (Å²) in [6.07, 6.45) is 1.47. The van der Waals surface area contributed by atoms with Crippen LogP contribution in [0.25, 0.3) is 0 Å². The van der Waals surface area contributed by atoms with E-state index in [1.54, 1.807) is 48.5 Å². The molecule has 148 valence electrons. The van der Waals surface area contributed by atoms with Crippen molar-refractivity contribution in [2.45, 2.75) is 12.6 Å². The summed E-state index contributed by atoms with van der Waals surface area (Å²) in [5.41, 5.74) is 0.774. The van der Waals surface area contributed by atoms with Gasteiger partial charge in [-0.2, -0.15) is 0 Å². The zero-order chi connectivity index (χ0) is 20.6. The van der Waals surface area contributed by atoms with Gasteiger partial charge in [0.2, 0.25) is 5.91 Å². The average molecular weight is 391 g/mol. The molecule has 7 heteroatoms. The Balaban J connectivity index is 1.70. The quantitative estimate of drug-likeness (QED) is 0.573. The Labute approximate surface area is 167 Å². The van der Waals surface area contributed by atoms with Crippen LogP contribution in [0.5, 0.6) is 0 Å². The molecule has 0 aliphatic rings. The zero-order valence-corrected chi connectivity index (χ0v) is 15.6. The molecule has 0 saturated heterocycles. The number of nitrogens with one attached hydrogen (secondary N) is 2. The summed E-state index contributed by atoms with van der Waals surface area (Å²) in [5.74, 6) is -0.837. The topological polar surface area (TPSA) is 100 Å². The van der Waals surface area contributed by atoms with E-state index < -0.39 is 23.4 Å². The molecular formula is C22H21N3O4. The van der Waals surface area contributed by atoms with Crippen LogP contribution in [0.3, 0.4) is 0 Å². The van der Waals surface area contributed by atoms with Crippen LogP contribution in [0.1, 0.15) is 22.0 Å². The molecule has 29 heavy (non-hydrogen) atoms. The van der Waals surface area contributed by atoms with E-state index in [0.717, 1.165) is 5.56 Å². The van der Waals surface area contributed by atoms with E-state index >= 15 is 0 Å². The van der Waals surface area contributed by atoms with Gasteiger partial charge in [-0.1, -0.05) is 48.5 Å². The maximum atomic E-state index is 12.6. The molecule has 0 bridgehead atoms. The fourth-order valence-electron chi connectivity index (χ4n) is 2.85. The summed E-state index contributed by atoms with van der Waals surface area (Å²) in [6.45, 7) is -0.505. The molecule has 0 aliphatic heterocycles. The predicted molar refractivity (Wildman–Crippen MR) is 110 cm³/mol. The van der Waals surface area contributed by atoms with Crippen molar-refractivity contribution in [2.75, 3.05) is 11.9 Å². The molecule has 0 unspecified atom stereocenters. The third-order valence-electron chi connectivity index (χ3n) is 4.34. The Kier molecular flexibility index (Phi) is 6.55. The number of pyridine rings is 1. The molecule has 0 radical (unpaired) electrons. The Morgan fingerprint density at radius 1 is 0.931 bits per heavy atom. The first kappa shape index (κ1) is 20.0. The second kappa shape index (κ2) is 9.48. The Morgan fingerprint density at radius 2 is 1.59 bits per heavy atom. The first-order valence-electron chi connectivity index (χ1n) is 9.09. The van der Waals surface area contributed by atoms with Crippen LogP contribution in [0.2, 0.25) is 0 Å². The first-order chi connectivity index (χ1) is 14.1. The molecule has 3 N–H and O–H groups in total. The van der Waals surface area contributed by atoms with E-state index in [4.69, 9.17) is 0 Å². The number of aromatic nitrogens is 1. The molecule has 0 aliphatic carbocycles. The number of hydrogen-bond donors (Lipinski definition) is 3. The number of aliphatic hydroxyl groups is 1. The summed E-state index contributed by atoms with van der Waals surface area (Å²) >= 11 is 0. The molecule has 1 heterocycles. The number of carbonyl (C=O) groups is 2. The summed E-state index contributed by atoms with van der Waals surface area (Å²) in [6, 6.07) is 20.1. The van der Waals surface area contributed by atoms with Gasteiger partial charge < -0.3 is 20.3 Å². The van der Waals surface area contributed by atoms with E-state index in [1.165, 1.54) is 16.8 Å². The Hall–Kier alpha value is -3.71. The highest BCUT2D eigenvalue weighted by atomic mass is 16.3. The lowest BCUT2D eigenvalue weighted by Gasteiger charge is -2.17. The minimum absolute atomic E-state index is 0.0796. The van der Waals surface area contributed by atoms with Gasteiger partial charge in [-0.25, -0.2) is 0 Å². The minimum Gasteiger partial charge on any atom is -0.394 e. The lowest BCUT2D eigenvalue weighted by Crippen LogP contribution is -2.36. The first-order valence-corrected chi connectivity index (χ1v) is 9.09. The third-order valence-corrected chi connectivity index (χ3v) is 4.34. The normalized spacial score (nSPS) is 11.5. The number of aliphatic hydroxyl groups excluding tert-OH is 1. The Bertz CT molecular complexity index is 1030. The van der Waals surface area contributed by atoms with Crippen LogP contribution >= 0.6 is 0 Å². The lowest BCUT2D eigenvalue weighted by molar-refractivity contribution is -0.122. The van der Waals surface area contributed by atoms with Crippen molar-refractivity contribution in [3.05, 3.63) is 100 Å². The van der Waals surface area contributed by atoms with Crippen molar-refractivity contribution in [1.29, 1.82) is 0 Å². The van der Waals surface area contributed by atoms with E-state index in [-0.39, 0.29) is 18.8 Å². The van der Waals surface area contributed by atoms with Gasteiger partial charge in [0.1, 0.15) is 12.2 Å². The molecule has 3 aromatic rings. The van der Waals surface area contributed by atoms with Gasteiger partial charge in [-0.05, 0) is 29.8 Å². The van der Waals surface area contributed by atoms with Crippen LogP contribution in [0.15, 0.2) is 83.8 Å². The van der Waals surface area contributed by atoms with E-state index in [1.807, 2.05) is 18.2 Å². The highest BCUT2D eigenvalue weighted by molar-refractivity contribution is 6.04.